The Labute approximate surface area is 168 Å². The van der Waals surface area contributed by atoms with Gasteiger partial charge in [-0.15, -0.1) is 0 Å². The molecule has 0 heterocycles. The van der Waals surface area contributed by atoms with E-state index < -0.39 is 0 Å². The second-order valence-electron chi connectivity index (χ2n) is 5.84. The summed E-state index contributed by atoms with van der Waals surface area (Å²) >= 11 is 1.43. The lowest BCUT2D eigenvalue weighted by Crippen LogP contribution is -2.12. The zero-order valence-corrected chi connectivity index (χ0v) is 16.4. The third kappa shape index (κ3) is 4.69. The predicted molar refractivity (Wildman–Crippen MR) is 114 cm³/mol. The minimum absolute atomic E-state index is 0.206. The summed E-state index contributed by atoms with van der Waals surface area (Å²) in [6.07, 6.45) is 0. The lowest BCUT2D eigenvalue weighted by Gasteiger charge is -2.11. The summed E-state index contributed by atoms with van der Waals surface area (Å²) in [7, 11) is 3.20. The number of para-hydroxylation sites is 2. The van der Waals surface area contributed by atoms with Crippen LogP contribution in [0.3, 0.4) is 0 Å². The number of nitrogens with one attached hydrogen (secondary N) is 2. The molecule has 0 aliphatic carbocycles. The maximum atomic E-state index is 12.4. The SMILES string of the molecule is COc1ccc(NSc2ccc(C(=O)Nc3ccccc3N)cc2)cc1OC. The second kappa shape index (κ2) is 9.05. The number of ether oxygens (including phenoxy) is 2. The molecule has 0 bridgehead atoms. The van der Waals surface area contributed by atoms with Gasteiger partial charge in [0.1, 0.15) is 0 Å². The zero-order valence-electron chi connectivity index (χ0n) is 15.6. The van der Waals surface area contributed by atoms with Crippen LogP contribution in [0.2, 0.25) is 0 Å². The lowest BCUT2D eigenvalue weighted by molar-refractivity contribution is 0.102. The van der Waals surface area contributed by atoms with Crippen molar-refractivity contribution in [2.24, 2.45) is 0 Å². The van der Waals surface area contributed by atoms with Crippen molar-refractivity contribution in [2.75, 3.05) is 30.0 Å². The van der Waals surface area contributed by atoms with Crippen molar-refractivity contribution in [3.05, 3.63) is 72.3 Å². The number of carbonyl (C=O) groups excluding carboxylic acids is 1. The fourth-order valence-corrected chi connectivity index (χ4v) is 3.13. The number of hydrogen-bond donors (Lipinski definition) is 3. The third-order valence-electron chi connectivity index (χ3n) is 4.00. The van der Waals surface area contributed by atoms with Crippen LogP contribution in [0, 0.1) is 0 Å². The average molecular weight is 395 g/mol. The Morgan fingerprint density at radius 3 is 2.32 bits per heavy atom. The molecule has 0 saturated heterocycles. The van der Waals surface area contributed by atoms with Gasteiger partial charge in [0.25, 0.3) is 5.91 Å². The molecular formula is C21H21N3O3S. The van der Waals surface area contributed by atoms with Crippen LogP contribution < -0.4 is 25.2 Å². The highest BCUT2D eigenvalue weighted by Gasteiger charge is 2.08. The molecule has 144 valence electrons. The molecule has 0 atom stereocenters. The van der Waals surface area contributed by atoms with Gasteiger partial charge in [-0.25, -0.2) is 0 Å². The lowest BCUT2D eigenvalue weighted by atomic mass is 10.2. The van der Waals surface area contributed by atoms with E-state index in [4.69, 9.17) is 15.2 Å². The number of amides is 1. The van der Waals surface area contributed by atoms with Crippen molar-refractivity contribution in [2.45, 2.75) is 4.90 Å². The van der Waals surface area contributed by atoms with E-state index in [1.165, 1.54) is 11.9 Å². The number of nitrogens with two attached hydrogens (primary N) is 1. The molecule has 7 heteroatoms. The number of methoxy groups -OCH3 is 2. The van der Waals surface area contributed by atoms with Gasteiger partial charge in [0.05, 0.1) is 25.6 Å². The summed E-state index contributed by atoms with van der Waals surface area (Å²) in [6.45, 7) is 0. The molecule has 3 aromatic carbocycles. The molecule has 3 rings (SSSR count). The van der Waals surface area contributed by atoms with Crippen LogP contribution in [-0.2, 0) is 0 Å². The Morgan fingerprint density at radius 1 is 0.929 bits per heavy atom. The van der Waals surface area contributed by atoms with Crippen molar-refractivity contribution in [1.82, 2.24) is 0 Å². The fraction of sp³-hybridized carbons (Fsp3) is 0.0952. The molecule has 0 aliphatic rings. The van der Waals surface area contributed by atoms with E-state index >= 15 is 0 Å². The zero-order chi connectivity index (χ0) is 19.9. The minimum atomic E-state index is -0.206. The first-order valence-corrected chi connectivity index (χ1v) is 9.33. The maximum Gasteiger partial charge on any atom is 0.255 e. The van der Waals surface area contributed by atoms with Crippen molar-refractivity contribution < 1.29 is 14.3 Å². The van der Waals surface area contributed by atoms with Gasteiger partial charge in [-0.2, -0.15) is 0 Å². The van der Waals surface area contributed by atoms with Gasteiger partial charge in [0.2, 0.25) is 0 Å². The summed E-state index contributed by atoms with van der Waals surface area (Å²) in [4.78, 5) is 13.3. The van der Waals surface area contributed by atoms with Gasteiger partial charge >= 0.3 is 0 Å². The Hall–Kier alpha value is -3.32. The smallest absolute Gasteiger partial charge is 0.255 e. The Morgan fingerprint density at radius 2 is 1.64 bits per heavy atom. The topological polar surface area (TPSA) is 85.6 Å². The molecule has 0 radical (unpaired) electrons. The van der Waals surface area contributed by atoms with Crippen molar-refractivity contribution in [1.29, 1.82) is 0 Å². The van der Waals surface area contributed by atoms with Gasteiger partial charge in [-0.05, 0) is 60.5 Å². The quantitative estimate of drug-likeness (QED) is 0.399. The Bertz CT molecular complexity index is 961. The van der Waals surface area contributed by atoms with Gasteiger partial charge < -0.3 is 25.2 Å². The van der Waals surface area contributed by atoms with Gasteiger partial charge in [0.15, 0.2) is 11.5 Å². The van der Waals surface area contributed by atoms with Crippen LogP contribution in [0.1, 0.15) is 10.4 Å². The number of benzene rings is 3. The number of rotatable bonds is 7. The summed E-state index contributed by atoms with van der Waals surface area (Å²) < 4.78 is 13.8. The molecule has 0 aliphatic heterocycles. The van der Waals surface area contributed by atoms with E-state index in [0.717, 1.165) is 10.6 Å². The van der Waals surface area contributed by atoms with Crippen LogP contribution >= 0.6 is 11.9 Å². The molecule has 0 spiro atoms. The van der Waals surface area contributed by atoms with Gasteiger partial charge in [0, 0.05) is 22.2 Å². The summed E-state index contributed by atoms with van der Waals surface area (Å²) in [6, 6.07) is 20.1. The first kappa shape index (κ1) is 19.4. The molecule has 0 saturated carbocycles. The third-order valence-corrected chi connectivity index (χ3v) is 4.84. The van der Waals surface area contributed by atoms with E-state index in [9.17, 15) is 4.79 Å². The highest BCUT2D eigenvalue weighted by atomic mass is 32.2. The molecule has 6 nitrogen and oxygen atoms in total. The van der Waals surface area contributed by atoms with Crippen molar-refractivity contribution in [3.63, 3.8) is 0 Å². The predicted octanol–water partition coefficient (Wildman–Crippen LogP) is 4.66. The van der Waals surface area contributed by atoms with Gasteiger partial charge in [-0.1, -0.05) is 12.1 Å². The van der Waals surface area contributed by atoms with Crippen LogP contribution in [-0.4, -0.2) is 20.1 Å². The van der Waals surface area contributed by atoms with Gasteiger partial charge in [-0.3, -0.25) is 4.79 Å². The summed E-state index contributed by atoms with van der Waals surface area (Å²) in [5.41, 5.74) is 8.42. The largest absolute Gasteiger partial charge is 0.493 e. The molecule has 28 heavy (non-hydrogen) atoms. The molecular weight excluding hydrogens is 374 g/mol. The number of anilines is 3. The standard InChI is InChI=1S/C21H21N3O3S/c1-26-19-12-9-15(13-20(19)27-2)24-28-16-10-7-14(8-11-16)21(25)23-18-6-4-3-5-17(18)22/h3-13,24H,22H2,1-2H3,(H,23,25). The van der Waals surface area contributed by atoms with E-state index in [-0.39, 0.29) is 5.91 Å². The van der Waals surface area contributed by atoms with Crippen LogP contribution in [0.4, 0.5) is 17.1 Å². The number of hydrogen-bond acceptors (Lipinski definition) is 6. The maximum absolute atomic E-state index is 12.4. The monoisotopic (exact) mass is 395 g/mol. The fourth-order valence-electron chi connectivity index (χ4n) is 2.50. The van der Waals surface area contributed by atoms with Crippen LogP contribution in [0.15, 0.2) is 71.6 Å². The number of carbonyl (C=O) groups is 1. The Balaban J connectivity index is 1.61. The normalized spacial score (nSPS) is 10.2. The molecule has 0 aromatic heterocycles. The van der Waals surface area contributed by atoms with Crippen molar-refractivity contribution >= 4 is 34.9 Å². The molecule has 1 amide bonds. The minimum Gasteiger partial charge on any atom is -0.493 e. The van der Waals surface area contributed by atoms with E-state index in [1.54, 1.807) is 38.5 Å². The highest BCUT2D eigenvalue weighted by Crippen LogP contribution is 2.32. The van der Waals surface area contributed by atoms with E-state index in [1.807, 2.05) is 42.5 Å². The van der Waals surface area contributed by atoms with Crippen LogP contribution in [0.5, 0.6) is 11.5 Å². The number of nitrogen functional groups attached to an aromatic ring is 1. The molecule has 4 N–H and O–H groups in total. The molecule has 0 fully saturated rings. The Kier molecular flexibility index (Phi) is 6.29. The van der Waals surface area contributed by atoms with E-state index in [2.05, 4.69) is 10.0 Å². The van der Waals surface area contributed by atoms with E-state index in [0.29, 0.717) is 28.4 Å². The highest BCUT2D eigenvalue weighted by molar-refractivity contribution is 8.00. The van der Waals surface area contributed by atoms with Crippen LogP contribution in [0.25, 0.3) is 0 Å². The first-order valence-electron chi connectivity index (χ1n) is 8.51. The van der Waals surface area contributed by atoms with Crippen molar-refractivity contribution in [3.8, 4) is 11.5 Å². The average Bonchev–Trinajstić information content (AvgIpc) is 2.74. The summed E-state index contributed by atoms with van der Waals surface area (Å²) in [5, 5.41) is 2.82. The first-order chi connectivity index (χ1) is 13.6. The molecule has 3 aromatic rings. The summed E-state index contributed by atoms with van der Waals surface area (Å²) in [5.74, 6) is 1.12. The molecule has 0 unspecified atom stereocenters. The second-order valence-corrected chi connectivity index (χ2v) is 6.72.